The van der Waals surface area contributed by atoms with Gasteiger partial charge in [-0.05, 0) is 186 Å². The van der Waals surface area contributed by atoms with Gasteiger partial charge in [0.05, 0.1) is 0 Å². The molecule has 0 aliphatic heterocycles. The Kier molecular flexibility index (Phi) is 18.1. The molecule has 0 bridgehead atoms. The lowest BCUT2D eigenvalue weighted by molar-refractivity contribution is -0.131. The van der Waals surface area contributed by atoms with E-state index in [1.165, 1.54) is 77.0 Å². The van der Waals surface area contributed by atoms with Crippen molar-refractivity contribution < 1.29 is 23.9 Å². The maximum absolute atomic E-state index is 13.9. The molecule has 0 aromatic carbocycles. The van der Waals surface area contributed by atoms with Crippen LogP contribution in [0.3, 0.4) is 0 Å². The van der Waals surface area contributed by atoms with Gasteiger partial charge in [-0.2, -0.15) is 0 Å². The van der Waals surface area contributed by atoms with Crippen molar-refractivity contribution in [3.8, 4) is 0 Å². The minimum Gasteiger partial charge on any atom is -0.444 e. The fourth-order valence-corrected chi connectivity index (χ4v) is 14.5. The van der Waals surface area contributed by atoms with Gasteiger partial charge in [0, 0.05) is 41.6 Å². The van der Waals surface area contributed by atoms with E-state index in [4.69, 9.17) is 9.47 Å². The smallest absolute Gasteiger partial charge is 0.408 e. The van der Waals surface area contributed by atoms with E-state index < -0.39 is 34.5 Å². The van der Waals surface area contributed by atoms with Crippen LogP contribution in [-0.4, -0.2) is 69.4 Å². The molecule has 0 spiro atoms. The van der Waals surface area contributed by atoms with Crippen molar-refractivity contribution >= 4 is 39.7 Å². The van der Waals surface area contributed by atoms with Gasteiger partial charge in [-0.25, -0.2) is 9.59 Å². The zero-order valence-electron chi connectivity index (χ0n) is 41.7. The first-order chi connectivity index (χ1) is 28.2. The van der Waals surface area contributed by atoms with Crippen LogP contribution >= 0.6 is 21.6 Å². The maximum atomic E-state index is 13.9. The van der Waals surface area contributed by atoms with Gasteiger partial charge >= 0.3 is 12.2 Å². The van der Waals surface area contributed by atoms with Crippen molar-refractivity contribution in [1.29, 1.82) is 0 Å². The number of hydrogen-bond acceptors (Lipinski definition) is 7. The van der Waals surface area contributed by atoms with Crippen molar-refractivity contribution in [2.75, 3.05) is 18.8 Å². The number of amides is 3. The van der Waals surface area contributed by atoms with Crippen molar-refractivity contribution in [1.82, 2.24) is 15.5 Å². The second-order valence-corrected chi connectivity index (χ2v) is 26.6. The highest BCUT2D eigenvalue weighted by molar-refractivity contribution is 8.76. The molecule has 0 saturated heterocycles. The van der Waals surface area contributed by atoms with E-state index in [1.807, 2.05) is 95.7 Å². The third-order valence-electron chi connectivity index (χ3n) is 15.5. The van der Waals surface area contributed by atoms with Gasteiger partial charge in [-0.3, -0.25) is 4.79 Å². The lowest BCUT2D eigenvalue weighted by Gasteiger charge is -2.58. The van der Waals surface area contributed by atoms with E-state index in [-0.39, 0.29) is 5.91 Å². The molecule has 4 aliphatic rings. The van der Waals surface area contributed by atoms with E-state index in [1.54, 1.807) is 5.57 Å². The second kappa shape index (κ2) is 21.2. The lowest BCUT2D eigenvalue weighted by atomic mass is 9.47. The highest BCUT2D eigenvalue weighted by Crippen LogP contribution is 2.67. The number of carbonyl (C=O) groups excluding carboxylic acids is 3. The number of carbonyl (C=O) groups is 3. The van der Waals surface area contributed by atoms with E-state index in [0.717, 1.165) is 41.3 Å². The van der Waals surface area contributed by atoms with Crippen LogP contribution in [0.15, 0.2) is 11.6 Å². The summed E-state index contributed by atoms with van der Waals surface area (Å²) in [4.78, 5) is 41.1. The summed E-state index contributed by atoms with van der Waals surface area (Å²) < 4.78 is 11.0. The second-order valence-electron chi connectivity index (χ2n) is 23.9. The quantitative estimate of drug-likeness (QED) is 0.0757. The minimum atomic E-state index is -0.596. The summed E-state index contributed by atoms with van der Waals surface area (Å²) in [5.41, 5.74) is 0.275. The summed E-state index contributed by atoms with van der Waals surface area (Å²) in [6.45, 7) is 32.5. The molecule has 0 aromatic heterocycles. The molecule has 8 atom stereocenters. The SMILES string of the molecule is CCC(CCCC1CCC2C3CC=C4CC(SSCCC(=O)N(CCC(C)(C)NC(=O)OC(C)(C)C)CCC(C)(C)NC(=O)OC(C)(C)C)CCC4(C)C3CCC12C)C(C)C. The minimum absolute atomic E-state index is 0.102. The van der Waals surface area contributed by atoms with Gasteiger partial charge < -0.3 is 25.0 Å². The summed E-state index contributed by atoms with van der Waals surface area (Å²) in [6.07, 6.45) is 19.8. The zero-order chi connectivity index (χ0) is 45.6. The molecular weight excluding hydrogens is 799 g/mol. The number of ether oxygens (including phenoxy) is 2. The third-order valence-corrected chi connectivity index (χ3v) is 18.4. The van der Waals surface area contributed by atoms with Crippen molar-refractivity contribution in [3.05, 3.63) is 11.6 Å². The summed E-state index contributed by atoms with van der Waals surface area (Å²) >= 11 is 0. The Balaban J connectivity index is 1.30. The van der Waals surface area contributed by atoms with Gasteiger partial charge in [0.2, 0.25) is 5.91 Å². The Hall–Kier alpha value is -1.55. The maximum Gasteiger partial charge on any atom is 0.408 e. The molecule has 8 nitrogen and oxygen atoms in total. The van der Waals surface area contributed by atoms with E-state index in [9.17, 15) is 14.4 Å². The zero-order valence-corrected chi connectivity index (χ0v) is 43.3. The van der Waals surface area contributed by atoms with Crippen molar-refractivity contribution in [3.63, 3.8) is 0 Å². The van der Waals surface area contributed by atoms with Crippen molar-refractivity contribution in [2.24, 2.45) is 46.3 Å². The Bertz CT molecular complexity index is 1450. The topological polar surface area (TPSA) is 97.0 Å². The Labute approximate surface area is 381 Å². The van der Waals surface area contributed by atoms with Crippen LogP contribution in [0.1, 0.15) is 200 Å². The summed E-state index contributed by atoms with van der Waals surface area (Å²) in [5, 5.41) is 6.58. The Morgan fingerprint density at radius 3 is 1.97 bits per heavy atom. The van der Waals surface area contributed by atoms with Crippen LogP contribution in [0.4, 0.5) is 9.59 Å². The Morgan fingerprint density at radius 2 is 1.43 bits per heavy atom. The van der Waals surface area contributed by atoms with E-state index in [0.29, 0.717) is 48.4 Å². The van der Waals surface area contributed by atoms with E-state index >= 15 is 0 Å². The molecule has 3 saturated carbocycles. The predicted octanol–water partition coefficient (Wildman–Crippen LogP) is 13.8. The fourth-order valence-electron chi connectivity index (χ4n) is 11.8. The molecule has 3 fully saturated rings. The molecule has 61 heavy (non-hydrogen) atoms. The molecule has 3 amide bonds. The molecule has 352 valence electrons. The molecule has 10 heteroatoms. The molecule has 0 aromatic rings. The van der Waals surface area contributed by atoms with E-state index in [2.05, 4.69) is 51.3 Å². The van der Waals surface area contributed by atoms with Crippen LogP contribution < -0.4 is 10.6 Å². The predicted molar refractivity (Wildman–Crippen MR) is 259 cm³/mol. The molecular formula is C51H91N3O5S2. The van der Waals surface area contributed by atoms with Crippen LogP contribution in [0.2, 0.25) is 0 Å². The molecule has 4 rings (SSSR count). The third kappa shape index (κ3) is 15.0. The number of fused-ring (bicyclic) bond motifs is 5. The number of nitrogens with zero attached hydrogens (tertiary/aromatic N) is 1. The van der Waals surface area contributed by atoms with Crippen molar-refractivity contribution in [2.45, 2.75) is 228 Å². The van der Waals surface area contributed by atoms with Gasteiger partial charge in [0.15, 0.2) is 0 Å². The first kappa shape index (κ1) is 52.1. The largest absolute Gasteiger partial charge is 0.444 e. The summed E-state index contributed by atoms with van der Waals surface area (Å²) in [7, 11) is 3.86. The number of rotatable bonds is 19. The van der Waals surface area contributed by atoms with Gasteiger partial charge in [0.25, 0.3) is 0 Å². The average molecular weight is 890 g/mol. The molecule has 0 radical (unpaired) electrons. The summed E-state index contributed by atoms with van der Waals surface area (Å²) in [6, 6.07) is 0. The van der Waals surface area contributed by atoms with Gasteiger partial charge in [-0.15, -0.1) is 0 Å². The van der Waals surface area contributed by atoms with Crippen LogP contribution in [-0.2, 0) is 14.3 Å². The standard InChI is InChI=1S/C51H91N3O5S2/c1-16-36(35(2)3)18-17-19-37-21-23-41-40-22-20-38-34-39(24-27-51(38,15)42(40)25-28-50(37,41)14)61-60-33-26-43(55)54(31-29-48(10,11)52-44(56)58-46(4,5)6)32-30-49(12,13)53-45(57)59-47(7,8)9/h20,35-37,39-42H,16-19,21-34H2,1-15H3,(H,52,56)(H,53,57). The molecule has 2 N–H and O–H groups in total. The van der Waals surface area contributed by atoms with Gasteiger partial charge in [-0.1, -0.05) is 87.1 Å². The fraction of sp³-hybridized carbons (Fsp3) is 0.902. The molecule has 0 heterocycles. The highest BCUT2D eigenvalue weighted by atomic mass is 33.1. The highest BCUT2D eigenvalue weighted by Gasteiger charge is 2.58. The number of alkyl carbamates (subject to hydrolysis) is 2. The normalized spacial score (nSPS) is 28.5. The van der Waals surface area contributed by atoms with Crippen LogP contribution in [0.5, 0.6) is 0 Å². The summed E-state index contributed by atoms with van der Waals surface area (Å²) in [5.74, 6) is 6.08. The van der Waals surface area contributed by atoms with Gasteiger partial charge in [0.1, 0.15) is 11.2 Å². The number of allylic oxidation sites excluding steroid dienone is 2. The molecule has 8 unspecified atom stereocenters. The average Bonchev–Trinajstić information content (AvgIpc) is 3.45. The van der Waals surface area contributed by atoms with Crippen LogP contribution in [0.25, 0.3) is 0 Å². The molecule has 4 aliphatic carbocycles. The first-order valence-corrected chi connectivity index (χ1v) is 26.8. The van der Waals surface area contributed by atoms with Crippen LogP contribution in [0, 0.1) is 46.3 Å². The monoisotopic (exact) mass is 890 g/mol. The number of hydrogen-bond donors (Lipinski definition) is 2. The Morgan fingerprint density at radius 1 is 0.836 bits per heavy atom. The lowest BCUT2D eigenvalue weighted by Crippen LogP contribution is -2.50. The first-order valence-electron chi connectivity index (χ1n) is 24.4. The number of nitrogens with one attached hydrogen (secondary N) is 2.